The number of hydrogen-bond acceptors (Lipinski definition) is 3. The average Bonchev–Trinajstić information content (AvgIpc) is 2.35. The predicted octanol–water partition coefficient (Wildman–Crippen LogP) is 2.92. The first-order valence-corrected chi connectivity index (χ1v) is 6.47. The molecular weight excluding hydrogens is 308 g/mol. The zero-order valence-electron chi connectivity index (χ0n) is 10.1. The molecule has 2 aromatic rings. The largest absolute Gasteiger partial charge is 0.505 e. The fourth-order valence-corrected chi connectivity index (χ4v) is 2.07. The molecule has 0 unspecified atom stereocenters. The first-order valence-electron chi connectivity index (χ1n) is 5.68. The summed E-state index contributed by atoms with van der Waals surface area (Å²) in [6, 6.07) is 12.2. The van der Waals surface area contributed by atoms with Crippen molar-refractivity contribution in [3.63, 3.8) is 0 Å². The highest BCUT2D eigenvalue weighted by molar-refractivity contribution is 9.10. The fourth-order valence-electron chi connectivity index (χ4n) is 1.70. The number of anilines is 2. The second-order valence-electron chi connectivity index (χ2n) is 4.11. The third-order valence-corrected chi connectivity index (χ3v) is 3.22. The lowest BCUT2D eigenvalue weighted by Gasteiger charge is -2.08. The van der Waals surface area contributed by atoms with Gasteiger partial charge in [-0.1, -0.05) is 18.2 Å². The Hall–Kier alpha value is -2.01. The topological polar surface area (TPSA) is 75.4 Å². The lowest BCUT2D eigenvalue weighted by atomic mass is 10.1. The van der Waals surface area contributed by atoms with Crippen molar-refractivity contribution >= 4 is 33.2 Å². The standard InChI is InChI=1S/C14H13BrN2O2/c15-11-5-2-6-12(14(11)19)17-13(18)8-9-3-1-4-10(16)7-9/h1-7,19H,8,16H2,(H,17,18). The smallest absolute Gasteiger partial charge is 0.228 e. The third-order valence-electron chi connectivity index (χ3n) is 2.58. The van der Waals surface area contributed by atoms with Crippen molar-refractivity contribution in [3.8, 4) is 5.75 Å². The molecule has 5 heteroatoms. The summed E-state index contributed by atoms with van der Waals surface area (Å²) in [7, 11) is 0. The van der Waals surface area contributed by atoms with Crippen molar-refractivity contribution in [1.82, 2.24) is 0 Å². The molecule has 0 aliphatic rings. The van der Waals surface area contributed by atoms with E-state index in [-0.39, 0.29) is 18.1 Å². The van der Waals surface area contributed by atoms with Crippen molar-refractivity contribution in [2.75, 3.05) is 11.1 Å². The molecule has 4 N–H and O–H groups in total. The van der Waals surface area contributed by atoms with E-state index in [9.17, 15) is 9.90 Å². The molecular formula is C14H13BrN2O2. The van der Waals surface area contributed by atoms with E-state index < -0.39 is 0 Å². The maximum Gasteiger partial charge on any atom is 0.228 e. The SMILES string of the molecule is Nc1cccc(CC(=O)Nc2cccc(Br)c2O)c1. The van der Waals surface area contributed by atoms with Gasteiger partial charge in [0.2, 0.25) is 5.91 Å². The van der Waals surface area contributed by atoms with Crippen LogP contribution in [0, 0.1) is 0 Å². The van der Waals surface area contributed by atoms with Crippen molar-refractivity contribution in [3.05, 3.63) is 52.5 Å². The first kappa shape index (κ1) is 13.4. The number of para-hydroxylation sites is 1. The molecule has 0 aliphatic heterocycles. The van der Waals surface area contributed by atoms with Crippen LogP contribution in [0.15, 0.2) is 46.9 Å². The van der Waals surface area contributed by atoms with Crippen molar-refractivity contribution in [2.45, 2.75) is 6.42 Å². The highest BCUT2D eigenvalue weighted by Crippen LogP contribution is 2.31. The summed E-state index contributed by atoms with van der Waals surface area (Å²) < 4.78 is 0.536. The van der Waals surface area contributed by atoms with Crippen LogP contribution in [0.25, 0.3) is 0 Å². The summed E-state index contributed by atoms with van der Waals surface area (Å²) in [4.78, 5) is 11.9. The lowest BCUT2D eigenvalue weighted by Crippen LogP contribution is -2.14. The Morgan fingerprint density at radius 3 is 2.74 bits per heavy atom. The number of rotatable bonds is 3. The zero-order valence-corrected chi connectivity index (χ0v) is 11.6. The molecule has 0 spiro atoms. The summed E-state index contributed by atoms with van der Waals surface area (Å²) in [6.45, 7) is 0. The quantitative estimate of drug-likeness (QED) is 0.601. The second-order valence-corrected chi connectivity index (χ2v) is 4.96. The number of halogens is 1. The molecule has 2 aromatic carbocycles. The van der Waals surface area contributed by atoms with E-state index in [1.807, 2.05) is 6.07 Å². The Morgan fingerprint density at radius 1 is 1.26 bits per heavy atom. The number of nitrogens with one attached hydrogen (secondary N) is 1. The number of nitrogens with two attached hydrogens (primary N) is 1. The molecule has 0 saturated carbocycles. The first-order chi connectivity index (χ1) is 9.06. The number of phenolic OH excluding ortho intramolecular Hbond substituents is 1. The molecule has 98 valence electrons. The van der Waals surface area contributed by atoms with Crippen LogP contribution < -0.4 is 11.1 Å². The van der Waals surface area contributed by atoms with Crippen LogP contribution in [0.4, 0.5) is 11.4 Å². The van der Waals surface area contributed by atoms with Gasteiger partial charge in [-0.2, -0.15) is 0 Å². The minimum atomic E-state index is -0.209. The van der Waals surface area contributed by atoms with Gasteiger partial charge >= 0.3 is 0 Å². The summed E-state index contributed by atoms with van der Waals surface area (Å²) >= 11 is 3.19. The minimum absolute atomic E-state index is 0.0171. The summed E-state index contributed by atoms with van der Waals surface area (Å²) in [5.74, 6) is -0.192. The van der Waals surface area contributed by atoms with Crippen LogP contribution in [0.2, 0.25) is 0 Å². The summed E-state index contributed by atoms with van der Waals surface area (Å²) in [6.07, 6.45) is 0.205. The molecule has 19 heavy (non-hydrogen) atoms. The Labute approximate surface area is 119 Å². The molecule has 0 fully saturated rings. The van der Waals surface area contributed by atoms with E-state index in [0.29, 0.717) is 15.8 Å². The molecule has 0 heterocycles. The molecule has 2 rings (SSSR count). The van der Waals surface area contributed by atoms with Crippen LogP contribution in [-0.2, 0) is 11.2 Å². The van der Waals surface area contributed by atoms with E-state index in [2.05, 4.69) is 21.2 Å². The van der Waals surface area contributed by atoms with Gasteiger partial charge in [0.1, 0.15) is 0 Å². The number of phenols is 1. The van der Waals surface area contributed by atoms with E-state index in [1.165, 1.54) is 0 Å². The van der Waals surface area contributed by atoms with Crippen molar-refractivity contribution in [2.24, 2.45) is 0 Å². The molecule has 0 saturated heterocycles. The van der Waals surface area contributed by atoms with Gasteiger partial charge in [0.05, 0.1) is 16.6 Å². The molecule has 0 atom stereocenters. The maximum absolute atomic E-state index is 11.9. The van der Waals surface area contributed by atoms with Gasteiger partial charge in [-0.05, 0) is 45.8 Å². The Kier molecular flexibility index (Phi) is 4.06. The van der Waals surface area contributed by atoms with Gasteiger partial charge in [0.15, 0.2) is 5.75 Å². The van der Waals surface area contributed by atoms with E-state index in [1.54, 1.807) is 36.4 Å². The van der Waals surface area contributed by atoms with Gasteiger partial charge in [-0.25, -0.2) is 0 Å². The summed E-state index contributed by atoms with van der Waals surface area (Å²) in [5.41, 5.74) is 7.48. The zero-order chi connectivity index (χ0) is 13.8. The molecule has 0 aromatic heterocycles. The molecule has 0 bridgehead atoms. The van der Waals surface area contributed by atoms with Crippen LogP contribution in [0.5, 0.6) is 5.75 Å². The third kappa shape index (κ3) is 3.48. The monoisotopic (exact) mass is 320 g/mol. The van der Waals surface area contributed by atoms with Crippen molar-refractivity contribution < 1.29 is 9.90 Å². The Morgan fingerprint density at radius 2 is 2.00 bits per heavy atom. The van der Waals surface area contributed by atoms with Gasteiger partial charge in [0, 0.05) is 5.69 Å². The number of amides is 1. The van der Waals surface area contributed by atoms with Crippen LogP contribution in [0.3, 0.4) is 0 Å². The molecule has 0 aliphatic carbocycles. The van der Waals surface area contributed by atoms with E-state index >= 15 is 0 Å². The summed E-state index contributed by atoms with van der Waals surface area (Å²) in [5, 5.41) is 12.4. The van der Waals surface area contributed by atoms with Crippen molar-refractivity contribution in [1.29, 1.82) is 0 Å². The highest BCUT2D eigenvalue weighted by Gasteiger charge is 2.09. The number of aromatic hydroxyl groups is 1. The van der Waals surface area contributed by atoms with E-state index in [4.69, 9.17) is 5.73 Å². The van der Waals surface area contributed by atoms with Crippen LogP contribution >= 0.6 is 15.9 Å². The van der Waals surface area contributed by atoms with Gasteiger partial charge in [0.25, 0.3) is 0 Å². The average molecular weight is 321 g/mol. The van der Waals surface area contributed by atoms with Gasteiger partial charge in [-0.15, -0.1) is 0 Å². The molecule has 1 amide bonds. The number of carbonyl (C=O) groups excluding carboxylic acids is 1. The van der Waals surface area contributed by atoms with Crippen LogP contribution in [-0.4, -0.2) is 11.0 Å². The Balaban J connectivity index is 2.08. The second kappa shape index (κ2) is 5.75. The van der Waals surface area contributed by atoms with E-state index in [0.717, 1.165) is 5.56 Å². The molecule has 4 nitrogen and oxygen atoms in total. The lowest BCUT2D eigenvalue weighted by molar-refractivity contribution is -0.115. The fraction of sp³-hybridized carbons (Fsp3) is 0.0714. The minimum Gasteiger partial charge on any atom is -0.505 e. The number of hydrogen-bond donors (Lipinski definition) is 3. The number of carbonyl (C=O) groups is 1. The maximum atomic E-state index is 11.9. The number of benzene rings is 2. The van der Waals surface area contributed by atoms with Crippen LogP contribution in [0.1, 0.15) is 5.56 Å². The number of nitrogen functional groups attached to an aromatic ring is 1. The Bertz CT molecular complexity index is 614. The van der Waals surface area contributed by atoms with Gasteiger partial charge in [-0.3, -0.25) is 4.79 Å². The molecule has 0 radical (unpaired) electrons. The predicted molar refractivity (Wildman–Crippen MR) is 79.0 cm³/mol. The normalized spacial score (nSPS) is 10.2. The highest BCUT2D eigenvalue weighted by atomic mass is 79.9. The van der Waals surface area contributed by atoms with Gasteiger partial charge < -0.3 is 16.2 Å².